The number of piperidine rings is 1. The van der Waals surface area contributed by atoms with Crippen LogP contribution in [0.25, 0.3) is 0 Å². The summed E-state index contributed by atoms with van der Waals surface area (Å²) in [7, 11) is 1.71. The zero-order valence-corrected chi connectivity index (χ0v) is 12.0. The first-order valence-corrected chi connectivity index (χ1v) is 7.37. The molecular formula is C16H26N2O. The largest absolute Gasteiger partial charge is 0.497 e. The second-order valence-electron chi connectivity index (χ2n) is 5.50. The van der Waals surface area contributed by atoms with E-state index in [2.05, 4.69) is 17.0 Å². The molecule has 1 aromatic carbocycles. The molecule has 0 spiro atoms. The highest BCUT2D eigenvalue weighted by Crippen LogP contribution is 2.16. The Hall–Kier alpha value is -1.06. The Balaban J connectivity index is 1.70. The van der Waals surface area contributed by atoms with Crippen molar-refractivity contribution in [2.75, 3.05) is 33.3 Å². The van der Waals surface area contributed by atoms with Crippen molar-refractivity contribution in [2.45, 2.75) is 25.7 Å². The molecule has 0 aliphatic carbocycles. The SMILES string of the molecule is COc1ccc(CCCN2CCCC(CN)C2)cc1. The molecule has 2 N–H and O–H groups in total. The lowest BCUT2D eigenvalue weighted by Crippen LogP contribution is -2.38. The van der Waals surface area contributed by atoms with Gasteiger partial charge in [-0.15, -0.1) is 0 Å². The van der Waals surface area contributed by atoms with E-state index < -0.39 is 0 Å². The number of likely N-dealkylation sites (tertiary alicyclic amines) is 1. The van der Waals surface area contributed by atoms with Gasteiger partial charge in [-0.05, 0) is 68.9 Å². The molecule has 0 bridgehead atoms. The van der Waals surface area contributed by atoms with Crippen LogP contribution in [-0.4, -0.2) is 38.2 Å². The lowest BCUT2D eigenvalue weighted by Gasteiger charge is -2.32. The summed E-state index contributed by atoms with van der Waals surface area (Å²) >= 11 is 0. The van der Waals surface area contributed by atoms with Crippen molar-refractivity contribution in [3.05, 3.63) is 29.8 Å². The third-order valence-electron chi connectivity index (χ3n) is 4.04. The van der Waals surface area contributed by atoms with Crippen molar-refractivity contribution < 1.29 is 4.74 Å². The summed E-state index contributed by atoms with van der Waals surface area (Å²) in [6.45, 7) is 4.48. The molecule has 1 aromatic rings. The van der Waals surface area contributed by atoms with E-state index in [0.717, 1.165) is 24.6 Å². The molecule has 1 aliphatic rings. The summed E-state index contributed by atoms with van der Waals surface area (Å²) < 4.78 is 5.17. The first kappa shape index (κ1) is 14.4. The van der Waals surface area contributed by atoms with E-state index in [9.17, 15) is 0 Å². The first-order chi connectivity index (χ1) is 9.31. The van der Waals surface area contributed by atoms with E-state index in [1.807, 2.05) is 12.1 Å². The number of methoxy groups -OCH3 is 1. The quantitative estimate of drug-likeness (QED) is 0.855. The fourth-order valence-corrected chi connectivity index (χ4v) is 2.85. The predicted molar refractivity (Wildman–Crippen MR) is 79.5 cm³/mol. The van der Waals surface area contributed by atoms with E-state index in [1.165, 1.54) is 44.5 Å². The minimum absolute atomic E-state index is 0.717. The van der Waals surface area contributed by atoms with Crippen LogP contribution >= 0.6 is 0 Å². The average molecular weight is 262 g/mol. The van der Waals surface area contributed by atoms with Gasteiger partial charge in [-0.25, -0.2) is 0 Å². The van der Waals surface area contributed by atoms with Crippen LogP contribution in [0.3, 0.4) is 0 Å². The minimum Gasteiger partial charge on any atom is -0.497 e. The van der Waals surface area contributed by atoms with Crippen molar-refractivity contribution in [1.29, 1.82) is 0 Å². The van der Waals surface area contributed by atoms with Crippen LogP contribution in [-0.2, 0) is 6.42 Å². The number of ether oxygens (including phenoxy) is 1. The molecule has 2 rings (SSSR count). The molecule has 19 heavy (non-hydrogen) atoms. The Morgan fingerprint density at radius 3 is 2.79 bits per heavy atom. The maximum absolute atomic E-state index is 5.77. The Labute approximate surface area is 116 Å². The van der Waals surface area contributed by atoms with E-state index in [0.29, 0.717) is 0 Å². The van der Waals surface area contributed by atoms with Crippen molar-refractivity contribution >= 4 is 0 Å². The number of benzene rings is 1. The molecule has 1 heterocycles. The number of nitrogens with two attached hydrogens (primary N) is 1. The fourth-order valence-electron chi connectivity index (χ4n) is 2.85. The zero-order chi connectivity index (χ0) is 13.5. The minimum atomic E-state index is 0.717. The second-order valence-corrected chi connectivity index (χ2v) is 5.50. The molecule has 3 heteroatoms. The highest BCUT2D eigenvalue weighted by molar-refractivity contribution is 5.27. The molecule has 0 amide bonds. The highest BCUT2D eigenvalue weighted by Gasteiger charge is 2.17. The molecule has 0 aromatic heterocycles. The standard InChI is InChI=1S/C16H26N2O/c1-19-16-8-6-14(7-9-16)4-2-10-18-11-3-5-15(12-17)13-18/h6-9,15H,2-5,10-13,17H2,1H3. The van der Waals surface area contributed by atoms with Gasteiger partial charge in [-0.1, -0.05) is 12.1 Å². The fraction of sp³-hybridized carbons (Fsp3) is 0.625. The van der Waals surface area contributed by atoms with Crippen molar-refractivity contribution in [1.82, 2.24) is 4.90 Å². The summed E-state index contributed by atoms with van der Waals surface area (Å²) in [6.07, 6.45) is 4.99. The molecule has 0 saturated carbocycles. The third-order valence-corrected chi connectivity index (χ3v) is 4.04. The van der Waals surface area contributed by atoms with Crippen molar-refractivity contribution in [3.8, 4) is 5.75 Å². The van der Waals surface area contributed by atoms with Gasteiger partial charge >= 0.3 is 0 Å². The van der Waals surface area contributed by atoms with Gasteiger partial charge < -0.3 is 15.4 Å². The number of hydrogen-bond donors (Lipinski definition) is 1. The lowest BCUT2D eigenvalue weighted by molar-refractivity contribution is 0.176. The van der Waals surface area contributed by atoms with Gasteiger partial charge in [0.2, 0.25) is 0 Å². The molecule has 1 unspecified atom stereocenters. The summed E-state index contributed by atoms with van der Waals surface area (Å²) in [5.41, 5.74) is 7.17. The number of nitrogens with zero attached hydrogens (tertiary/aromatic N) is 1. The number of hydrogen-bond acceptors (Lipinski definition) is 3. The Bertz CT molecular complexity index is 364. The van der Waals surface area contributed by atoms with Crippen LogP contribution in [0.15, 0.2) is 24.3 Å². The summed E-state index contributed by atoms with van der Waals surface area (Å²) in [6, 6.07) is 8.41. The van der Waals surface area contributed by atoms with Gasteiger partial charge in [0.05, 0.1) is 7.11 Å². The van der Waals surface area contributed by atoms with Gasteiger partial charge in [-0.2, -0.15) is 0 Å². The van der Waals surface area contributed by atoms with Gasteiger partial charge in [-0.3, -0.25) is 0 Å². The topological polar surface area (TPSA) is 38.5 Å². The van der Waals surface area contributed by atoms with Crippen LogP contribution in [0.2, 0.25) is 0 Å². The summed E-state index contributed by atoms with van der Waals surface area (Å²) in [5.74, 6) is 1.65. The molecule has 1 fully saturated rings. The van der Waals surface area contributed by atoms with E-state index >= 15 is 0 Å². The zero-order valence-electron chi connectivity index (χ0n) is 12.0. The number of aryl methyl sites for hydroxylation is 1. The van der Waals surface area contributed by atoms with Gasteiger partial charge in [0.25, 0.3) is 0 Å². The highest BCUT2D eigenvalue weighted by atomic mass is 16.5. The Morgan fingerprint density at radius 2 is 2.11 bits per heavy atom. The van der Waals surface area contributed by atoms with E-state index in [1.54, 1.807) is 7.11 Å². The van der Waals surface area contributed by atoms with E-state index in [-0.39, 0.29) is 0 Å². The van der Waals surface area contributed by atoms with Crippen LogP contribution in [0.4, 0.5) is 0 Å². The number of rotatable bonds is 6. The summed E-state index contributed by atoms with van der Waals surface area (Å²) in [4.78, 5) is 2.57. The molecule has 1 atom stereocenters. The molecule has 3 nitrogen and oxygen atoms in total. The smallest absolute Gasteiger partial charge is 0.118 e. The summed E-state index contributed by atoms with van der Waals surface area (Å²) in [5, 5.41) is 0. The van der Waals surface area contributed by atoms with Gasteiger partial charge in [0, 0.05) is 6.54 Å². The van der Waals surface area contributed by atoms with Crippen LogP contribution in [0, 0.1) is 5.92 Å². The Morgan fingerprint density at radius 1 is 1.32 bits per heavy atom. The maximum atomic E-state index is 5.77. The van der Waals surface area contributed by atoms with Crippen LogP contribution < -0.4 is 10.5 Å². The molecule has 0 radical (unpaired) electrons. The van der Waals surface area contributed by atoms with Crippen molar-refractivity contribution in [2.24, 2.45) is 11.7 Å². The van der Waals surface area contributed by atoms with Gasteiger partial charge in [0.15, 0.2) is 0 Å². The van der Waals surface area contributed by atoms with Gasteiger partial charge in [0.1, 0.15) is 5.75 Å². The third kappa shape index (κ3) is 4.51. The molecule has 106 valence electrons. The normalized spacial score (nSPS) is 20.4. The second kappa shape index (κ2) is 7.51. The van der Waals surface area contributed by atoms with Crippen LogP contribution in [0.5, 0.6) is 5.75 Å². The van der Waals surface area contributed by atoms with Crippen molar-refractivity contribution in [3.63, 3.8) is 0 Å². The predicted octanol–water partition coefficient (Wildman–Crippen LogP) is 2.30. The Kier molecular flexibility index (Phi) is 5.67. The maximum Gasteiger partial charge on any atom is 0.118 e. The van der Waals surface area contributed by atoms with E-state index in [4.69, 9.17) is 10.5 Å². The monoisotopic (exact) mass is 262 g/mol. The molecular weight excluding hydrogens is 236 g/mol. The molecule has 1 saturated heterocycles. The lowest BCUT2D eigenvalue weighted by atomic mass is 9.98. The molecule has 1 aliphatic heterocycles. The van der Waals surface area contributed by atoms with Crippen LogP contribution in [0.1, 0.15) is 24.8 Å². The average Bonchev–Trinajstić information content (AvgIpc) is 2.48. The first-order valence-electron chi connectivity index (χ1n) is 7.37.